The van der Waals surface area contributed by atoms with Crippen LogP contribution in [-0.4, -0.2) is 35.8 Å². The number of benzene rings is 2. The second-order valence-corrected chi connectivity index (χ2v) is 8.60. The van der Waals surface area contributed by atoms with Crippen molar-refractivity contribution in [3.63, 3.8) is 0 Å². The first-order chi connectivity index (χ1) is 14.7. The average Bonchev–Trinajstić information content (AvgIpc) is 2.73. The summed E-state index contributed by atoms with van der Waals surface area (Å²) in [6.07, 6.45) is -1.43. The number of Topliss-reactive ketones (excluding diaryl/α,β-unsaturated/α-hetero) is 1. The zero-order valence-corrected chi connectivity index (χ0v) is 17.6. The van der Waals surface area contributed by atoms with E-state index in [0.29, 0.717) is 34.9 Å². The molecule has 0 radical (unpaired) electrons. The number of para-hydroxylation sites is 1. The van der Waals surface area contributed by atoms with E-state index in [9.17, 15) is 18.0 Å². The Labute approximate surface area is 179 Å². The molecule has 3 nitrogen and oxygen atoms in total. The molecule has 0 unspecified atom stereocenters. The fourth-order valence-electron chi connectivity index (χ4n) is 4.23. The van der Waals surface area contributed by atoms with Crippen molar-refractivity contribution in [2.45, 2.75) is 25.9 Å². The third-order valence-electron chi connectivity index (χ3n) is 6.28. The SMILES string of the molecule is C[C@H](CCC(=O)c1cnc2c(-c3ccc(C(F)(F)F)cc3)cccc2c1)C1CN(C)C1. The fourth-order valence-corrected chi connectivity index (χ4v) is 4.23. The van der Waals surface area contributed by atoms with E-state index in [-0.39, 0.29) is 5.78 Å². The van der Waals surface area contributed by atoms with E-state index in [4.69, 9.17) is 0 Å². The number of carbonyl (C=O) groups is 1. The summed E-state index contributed by atoms with van der Waals surface area (Å²) in [6, 6.07) is 12.4. The molecule has 2 aromatic carbocycles. The van der Waals surface area contributed by atoms with Crippen molar-refractivity contribution in [1.82, 2.24) is 9.88 Å². The molecule has 1 saturated heterocycles. The number of aromatic nitrogens is 1. The van der Waals surface area contributed by atoms with Gasteiger partial charge in [-0.15, -0.1) is 0 Å². The highest BCUT2D eigenvalue weighted by atomic mass is 19.4. The van der Waals surface area contributed by atoms with Crippen molar-refractivity contribution < 1.29 is 18.0 Å². The maximum Gasteiger partial charge on any atom is 0.416 e. The van der Waals surface area contributed by atoms with Crippen LogP contribution in [-0.2, 0) is 6.18 Å². The summed E-state index contributed by atoms with van der Waals surface area (Å²) in [4.78, 5) is 19.5. The summed E-state index contributed by atoms with van der Waals surface area (Å²) in [5.41, 5.74) is 1.97. The minimum atomic E-state index is -4.36. The monoisotopic (exact) mass is 426 g/mol. The smallest absolute Gasteiger partial charge is 0.306 e. The van der Waals surface area contributed by atoms with Gasteiger partial charge in [-0.25, -0.2) is 0 Å². The number of carbonyl (C=O) groups excluding carboxylic acids is 1. The van der Waals surface area contributed by atoms with E-state index in [0.717, 1.165) is 42.6 Å². The molecule has 31 heavy (non-hydrogen) atoms. The van der Waals surface area contributed by atoms with Crippen LogP contribution in [0.4, 0.5) is 13.2 Å². The molecule has 3 aromatic rings. The van der Waals surface area contributed by atoms with Gasteiger partial charge in [-0.2, -0.15) is 13.2 Å². The van der Waals surface area contributed by atoms with Crippen LogP contribution in [0.1, 0.15) is 35.7 Å². The Bertz CT molecular complexity index is 1090. The molecule has 6 heteroatoms. The number of hydrogen-bond acceptors (Lipinski definition) is 3. The van der Waals surface area contributed by atoms with Crippen LogP contribution in [0.3, 0.4) is 0 Å². The van der Waals surface area contributed by atoms with Gasteiger partial charge in [0.15, 0.2) is 5.78 Å². The Morgan fingerprint density at radius 1 is 1.16 bits per heavy atom. The number of rotatable bonds is 6. The molecular formula is C25H25F3N2O. The van der Waals surface area contributed by atoms with Gasteiger partial charge in [-0.1, -0.05) is 37.3 Å². The number of likely N-dealkylation sites (tertiary alicyclic amines) is 1. The first-order valence-corrected chi connectivity index (χ1v) is 10.5. The Morgan fingerprint density at radius 3 is 2.52 bits per heavy atom. The Kier molecular flexibility index (Phi) is 5.84. The zero-order valence-electron chi connectivity index (χ0n) is 17.6. The van der Waals surface area contributed by atoms with Gasteiger partial charge in [0.2, 0.25) is 0 Å². The van der Waals surface area contributed by atoms with Gasteiger partial charge >= 0.3 is 6.18 Å². The van der Waals surface area contributed by atoms with E-state index in [1.807, 2.05) is 24.3 Å². The molecule has 162 valence electrons. The lowest BCUT2D eigenvalue weighted by molar-refractivity contribution is -0.137. The summed E-state index contributed by atoms with van der Waals surface area (Å²) in [6.45, 7) is 4.40. The van der Waals surface area contributed by atoms with Gasteiger partial charge < -0.3 is 4.90 Å². The van der Waals surface area contributed by atoms with Crippen molar-refractivity contribution >= 4 is 16.7 Å². The minimum Gasteiger partial charge on any atom is -0.306 e. The predicted molar refractivity (Wildman–Crippen MR) is 116 cm³/mol. The quantitative estimate of drug-likeness (QED) is 0.448. The van der Waals surface area contributed by atoms with Crippen molar-refractivity contribution in [3.05, 3.63) is 65.9 Å². The van der Waals surface area contributed by atoms with Crippen molar-refractivity contribution in [2.24, 2.45) is 11.8 Å². The van der Waals surface area contributed by atoms with Gasteiger partial charge in [-0.3, -0.25) is 9.78 Å². The van der Waals surface area contributed by atoms with Crippen LogP contribution in [0, 0.1) is 11.8 Å². The maximum absolute atomic E-state index is 12.8. The zero-order chi connectivity index (χ0) is 22.2. The number of halogens is 3. The van der Waals surface area contributed by atoms with E-state index in [1.54, 1.807) is 6.20 Å². The molecule has 0 aliphatic carbocycles. The molecule has 0 saturated carbocycles. The number of pyridine rings is 1. The topological polar surface area (TPSA) is 33.2 Å². The summed E-state index contributed by atoms with van der Waals surface area (Å²) < 4.78 is 38.5. The van der Waals surface area contributed by atoms with Gasteiger partial charge in [-0.05, 0) is 49.1 Å². The van der Waals surface area contributed by atoms with Crippen molar-refractivity contribution in [3.8, 4) is 11.1 Å². The van der Waals surface area contributed by atoms with Gasteiger partial charge in [0.25, 0.3) is 0 Å². The molecule has 1 fully saturated rings. The maximum atomic E-state index is 12.8. The summed E-state index contributed by atoms with van der Waals surface area (Å²) in [7, 11) is 2.11. The van der Waals surface area contributed by atoms with Crippen LogP contribution < -0.4 is 0 Å². The lowest BCUT2D eigenvalue weighted by atomic mass is 9.84. The summed E-state index contributed by atoms with van der Waals surface area (Å²) in [5, 5.41) is 0.803. The molecular weight excluding hydrogens is 401 g/mol. The highest BCUT2D eigenvalue weighted by molar-refractivity contribution is 6.01. The number of hydrogen-bond donors (Lipinski definition) is 0. The third kappa shape index (κ3) is 4.64. The minimum absolute atomic E-state index is 0.0776. The second-order valence-electron chi connectivity index (χ2n) is 8.60. The molecule has 4 rings (SSSR count). The second kappa shape index (κ2) is 8.42. The van der Waals surface area contributed by atoms with E-state index in [1.165, 1.54) is 12.1 Å². The third-order valence-corrected chi connectivity index (χ3v) is 6.28. The summed E-state index contributed by atoms with van der Waals surface area (Å²) in [5.74, 6) is 1.26. The fraction of sp³-hybridized carbons (Fsp3) is 0.360. The van der Waals surface area contributed by atoms with Crippen LogP contribution in [0.5, 0.6) is 0 Å². The molecule has 2 heterocycles. The van der Waals surface area contributed by atoms with Gasteiger partial charge in [0.05, 0.1) is 11.1 Å². The molecule has 1 atom stereocenters. The van der Waals surface area contributed by atoms with Crippen LogP contribution in [0.25, 0.3) is 22.0 Å². The normalized spacial score (nSPS) is 16.3. The first-order valence-electron chi connectivity index (χ1n) is 10.5. The Hall–Kier alpha value is -2.73. The number of fused-ring (bicyclic) bond motifs is 1. The molecule has 0 N–H and O–H groups in total. The highest BCUT2D eigenvalue weighted by Gasteiger charge is 2.30. The van der Waals surface area contributed by atoms with E-state index in [2.05, 4.69) is 23.9 Å². The number of alkyl halides is 3. The standard InChI is InChI=1S/C25H25F3N2O/c1-16(20-14-30(2)15-20)6-11-23(31)19-12-18-4-3-5-22(24(18)29-13-19)17-7-9-21(10-8-17)25(26,27)28/h3-5,7-10,12-13,16,20H,6,11,14-15H2,1-2H3/t16-/m1/s1. The first kappa shape index (κ1) is 21.5. The van der Waals surface area contributed by atoms with E-state index >= 15 is 0 Å². The van der Waals surface area contributed by atoms with Crippen molar-refractivity contribution in [1.29, 1.82) is 0 Å². The van der Waals surface area contributed by atoms with Crippen molar-refractivity contribution in [2.75, 3.05) is 20.1 Å². The molecule has 1 aromatic heterocycles. The summed E-state index contributed by atoms with van der Waals surface area (Å²) >= 11 is 0. The molecule has 0 spiro atoms. The van der Waals surface area contributed by atoms with Crippen LogP contribution in [0.15, 0.2) is 54.7 Å². The molecule has 0 amide bonds. The average molecular weight is 426 g/mol. The van der Waals surface area contributed by atoms with E-state index < -0.39 is 11.7 Å². The Morgan fingerprint density at radius 2 is 1.87 bits per heavy atom. The lowest BCUT2D eigenvalue weighted by Gasteiger charge is -2.40. The number of nitrogens with zero attached hydrogens (tertiary/aromatic N) is 2. The van der Waals surface area contributed by atoms with Crippen LogP contribution in [0.2, 0.25) is 0 Å². The molecule has 0 bridgehead atoms. The predicted octanol–water partition coefficient (Wildman–Crippen LogP) is 6.08. The van der Waals surface area contributed by atoms with Crippen LogP contribution >= 0.6 is 0 Å². The number of ketones is 1. The largest absolute Gasteiger partial charge is 0.416 e. The lowest BCUT2D eigenvalue weighted by Crippen LogP contribution is -2.46. The molecule has 1 aliphatic heterocycles. The van der Waals surface area contributed by atoms with Gasteiger partial charge in [0, 0.05) is 42.2 Å². The highest BCUT2D eigenvalue weighted by Crippen LogP contribution is 2.33. The van der Waals surface area contributed by atoms with Gasteiger partial charge in [0.1, 0.15) is 0 Å². The molecule has 1 aliphatic rings. The Balaban J connectivity index is 1.52.